The fourth-order valence-corrected chi connectivity index (χ4v) is 4.29. The number of amides is 2. The number of thioether (sulfide) groups is 1. The number of hydrogen-bond acceptors (Lipinski definition) is 5. The maximum Gasteiger partial charge on any atom is 0.242 e. The first-order valence-electron chi connectivity index (χ1n) is 9.35. The standard InChI is InChI=1S/C21H22ClN3O3S/c1-3-25-20(27)18(29-21(25)24-15-8-5-7-14(22)11-15)13-19(26)23-16-9-6-10-17(12-16)28-4-2/h5-12,18H,3-4,13H2,1-2H3,(H,23,26). The van der Waals surface area contributed by atoms with Crippen molar-refractivity contribution in [2.45, 2.75) is 25.5 Å². The number of carbonyl (C=O) groups excluding carboxylic acids is 2. The van der Waals surface area contributed by atoms with Crippen molar-refractivity contribution >= 4 is 51.7 Å². The van der Waals surface area contributed by atoms with E-state index in [4.69, 9.17) is 16.3 Å². The first kappa shape index (κ1) is 21.2. The molecule has 6 nitrogen and oxygen atoms in total. The fraction of sp³-hybridized carbons (Fsp3) is 0.286. The topological polar surface area (TPSA) is 71.0 Å². The maximum atomic E-state index is 12.7. The molecular formula is C21H22ClN3O3S. The SMILES string of the molecule is CCOc1cccc(NC(=O)CC2SC(=Nc3cccc(Cl)c3)N(CC)C2=O)c1. The monoisotopic (exact) mass is 431 g/mol. The van der Waals surface area contributed by atoms with Crippen LogP contribution in [-0.2, 0) is 9.59 Å². The van der Waals surface area contributed by atoms with Crippen LogP contribution in [0.1, 0.15) is 20.3 Å². The summed E-state index contributed by atoms with van der Waals surface area (Å²) in [4.78, 5) is 31.4. The zero-order chi connectivity index (χ0) is 20.8. The van der Waals surface area contributed by atoms with Crippen molar-refractivity contribution in [3.8, 4) is 5.75 Å². The Kier molecular flexibility index (Phi) is 7.17. The van der Waals surface area contributed by atoms with Crippen LogP contribution in [0.5, 0.6) is 5.75 Å². The third-order valence-electron chi connectivity index (χ3n) is 4.17. The van der Waals surface area contributed by atoms with Gasteiger partial charge in [0.05, 0.1) is 12.3 Å². The molecule has 0 aromatic heterocycles. The molecule has 152 valence electrons. The second-order valence-corrected chi connectivity index (χ2v) is 7.88. The molecule has 0 saturated carbocycles. The summed E-state index contributed by atoms with van der Waals surface area (Å²) in [6.45, 7) is 4.82. The third kappa shape index (κ3) is 5.52. The average Bonchev–Trinajstić information content (AvgIpc) is 2.96. The summed E-state index contributed by atoms with van der Waals surface area (Å²) in [6.07, 6.45) is 0.0629. The van der Waals surface area contributed by atoms with Crippen molar-refractivity contribution in [3.63, 3.8) is 0 Å². The van der Waals surface area contributed by atoms with Gasteiger partial charge in [-0.1, -0.05) is 35.5 Å². The lowest BCUT2D eigenvalue weighted by atomic mass is 10.2. The van der Waals surface area contributed by atoms with Crippen molar-refractivity contribution in [1.82, 2.24) is 4.90 Å². The van der Waals surface area contributed by atoms with Crippen LogP contribution in [-0.4, -0.2) is 40.3 Å². The molecule has 1 aliphatic rings. The summed E-state index contributed by atoms with van der Waals surface area (Å²) in [5, 5.41) is 3.48. The number of amidine groups is 1. The maximum absolute atomic E-state index is 12.7. The van der Waals surface area contributed by atoms with E-state index in [0.29, 0.717) is 40.5 Å². The Hall–Kier alpha value is -2.51. The zero-order valence-electron chi connectivity index (χ0n) is 16.2. The molecule has 0 aliphatic carbocycles. The van der Waals surface area contributed by atoms with Crippen molar-refractivity contribution in [2.75, 3.05) is 18.5 Å². The average molecular weight is 432 g/mol. The highest BCUT2D eigenvalue weighted by Gasteiger charge is 2.38. The van der Waals surface area contributed by atoms with Gasteiger partial charge in [0.25, 0.3) is 0 Å². The Morgan fingerprint density at radius 3 is 2.76 bits per heavy atom. The van der Waals surface area contributed by atoms with E-state index in [-0.39, 0.29) is 18.2 Å². The third-order valence-corrected chi connectivity index (χ3v) is 5.58. The molecule has 1 N–H and O–H groups in total. The predicted octanol–water partition coefficient (Wildman–Crippen LogP) is 4.72. The number of nitrogens with one attached hydrogen (secondary N) is 1. The van der Waals surface area contributed by atoms with Gasteiger partial charge in [-0.3, -0.25) is 14.5 Å². The van der Waals surface area contributed by atoms with E-state index in [0.717, 1.165) is 0 Å². The molecule has 2 aromatic carbocycles. The van der Waals surface area contributed by atoms with Gasteiger partial charge in [0.1, 0.15) is 11.0 Å². The second kappa shape index (κ2) is 9.80. The van der Waals surface area contributed by atoms with E-state index in [1.54, 1.807) is 35.2 Å². The van der Waals surface area contributed by atoms with Gasteiger partial charge in [0.2, 0.25) is 11.8 Å². The van der Waals surface area contributed by atoms with Crippen LogP contribution in [0.15, 0.2) is 53.5 Å². The summed E-state index contributed by atoms with van der Waals surface area (Å²) in [6, 6.07) is 14.3. The van der Waals surface area contributed by atoms with E-state index in [1.165, 1.54) is 11.8 Å². The molecule has 1 aliphatic heterocycles. The van der Waals surface area contributed by atoms with Crippen molar-refractivity contribution in [2.24, 2.45) is 4.99 Å². The summed E-state index contributed by atoms with van der Waals surface area (Å²) < 4.78 is 5.44. The molecule has 29 heavy (non-hydrogen) atoms. The first-order valence-corrected chi connectivity index (χ1v) is 10.6. The number of benzene rings is 2. The normalized spacial score (nSPS) is 17.6. The molecule has 3 rings (SSSR count). The van der Waals surface area contributed by atoms with Crippen molar-refractivity contribution in [3.05, 3.63) is 53.6 Å². The highest BCUT2D eigenvalue weighted by atomic mass is 35.5. The van der Waals surface area contributed by atoms with Crippen LogP contribution in [0.3, 0.4) is 0 Å². The molecular weight excluding hydrogens is 410 g/mol. The minimum atomic E-state index is -0.511. The molecule has 0 spiro atoms. The van der Waals surface area contributed by atoms with Gasteiger partial charge in [0, 0.05) is 29.7 Å². The Bertz CT molecular complexity index is 935. The van der Waals surface area contributed by atoms with E-state index in [9.17, 15) is 9.59 Å². The molecule has 1 saturated heterocycles. The fourth-order valence-electron chi connectivity index (χ4n) is 2.88. The number of anilines is 1. The Balaban J connectivity index is 1.68. The van der Waals surface area contributed by atoms with Crippen LogP contribution < -0.4 is 10.1 Å². The summed E-state index contributed by atoms with van der Waals surface area (Å²) in [5.41, 5.74) is 1.31. The number of hydrogen-bond donors (Lipinski definition) is 1. The molecule has 2 aromatic rings. The second-order valence-electron chi connectivity index (χ2n) is 6.28. The quantitative estimate of drug-likeness (QED) is 0.688. The number of aliphatic imine (C=N–C) groups is 1. The van der Waals surface area contributed by atoms with Gasteiger partial charge >= 0.3 is 0 Å². The summed E-state index contributed by atoms with van der Waals surface area (Å²) in [7, 11) is 0. The van der Waals surface area contributed by atoms with E-state index in [2.05, 4.69) is 10.3 Å². The molecule has 1 heterocycles. The Morgan fingerprint density at radius 2 is 2.03 bits per heavy atom. The van der Waals surface area contributed by atoms with Gasteiger partial charge in [-0.05, 0) is 44.2 Å². The van der Waals surface area contributed by atoms with Crippen molar-refractivity contribution < 1.29 is 14.3 Å². The van der Waals surface area contributed by atoms with Gasteiger partial charge in [-0.15, -0.1) is 0 Å². The number of carbonyl (C=O) groups is 2. The minimum absolute atomic E-state index is 0.0629. The Morgan fingerprint density at radius 1 is 1.24 bits per heavy atom. The lowest BCUT2D eigenvalue weighted by molar-refractivity contribution is -0.128. The van der Waals surface area contributed by atoms with Crippen LogP contribution in [0.4, 0.5) is 11.4 Å². The number of nitrogens with zero attached hydrogens (tertiary/aromatic N) is 2. The van der Waals surface area contributed by atoms with Crippen molar-refractivity contribution in [1.29, 1.82) is 0 Å². The van der Waals surface area contributed by atoms with E-state index >= 15 is 0 Å². The summed E-state index contributed by atoms with van der Waals surface area (Å²) >= 11 is 7.32. The number of rotatable bonds is 7. The molecule has 1 fully saturated rings. The zero-order valence-corrected chi connectivity index (χ0v) is 17.8. The largest absolute Gasteiger partial charge is 0.494 e. The molecule has 2 amide bonds. The molecule has 0 bridgehead atoms. The van der Waals surface area contributed by atoms with E-state index < -0.39 is 5.25 Å². The molecule has 0 radical (unpaired) electrons. The Labute approximate surface area is 179 Å². The van der Waals surface area contributed by atoms with Crippen LogP contribution >= 0.6 is 23.4 Å². The van der Waals surface area contributed by atoms with Crippen LogP contribution in [0.25, 0.3) is 0 Å². The van der Waals surface area contributed by atoms with Crippen LogP contribution in [0.2, 0.25) is 5.02 Å². The molecule has 1 atom stereocenters. The predicted molar refractivity (Wildman–Crippen MR) is 118 cm³/mol. The highest BCUT2D eigenvalue weighted by molar-refractivity contribution is 8.15. The minimum Gasteiger partial charge on any atom is -0.494 e. The summed E-state index contributed by atoms with van der Waals surface area (Å²) in [5.74, 6) is 0.339. The van der Waals surface area contributed by atoms with Gasteiger partial charge in [-0.25, -0.2) is 4.99 Å². The number of ether oxygens (including phenoxy) is 1. The van der Waals surface area contributed by atoms with Crippen LogP contribution in [0, 0.1) is 0 Å². The van der Waals surface area contributed by atoms with E-state index in [1.807, 2.05) is 32.0 Å². The molecule has 8 heteroatoms. The van der Waals surface area contributed by atoms with Gasteiger partial charge in [0.15, 0.2) is 5.17 Å². The van der Waals surface area contributed by atoms with Gasteiger partial charge < -0.3 is 10.1 Å². The smallest absolute Gasteiger partial charge is 0.242 e. The number of halogens is 1. The molecule has 1 unspecified atom stereocenters. The van der Waals surface area contributed by atoms with Gasteiger partial charge in [-0.2, -0.15) is 0 Å². The highest BCUT2D eigenvalue weighted by Crippen LogP contribution is 2.32. The lowest BCUT2D eigenvalue weighted by Gasteiger charge is -2.13. The first-order chi connectivity index (χ1) is 14.0. The lowest BCUT2D eigenvalue weighted by Crippen LogP contribution is -2.33.